The Morgan fingerprint density at radius 1 is 0.800 bits per heavy atom. The van der Waals surface area contributed by atoms with Gasteiger partial charge in [-0.25, -0.2) is 0 Å². The summed E-state index contributed by atoms with van der Waals surface area (Å²) in [6, 6.07) is 21.2. The number of benzene rings is 2. The molecular formula is C16H12N2OS. The molecule has 2 aromatic carbocycles. The number of rotatable bonds is 3. The lowest BCUT2D eigenvalue weighted by Crippen LogP contribution is -1.67. The predicted molar refractivity (Wildman–Crippen MR) is 82.0 cm³/mol. The van der Waals surface area contributed by atoms with Gasteiger partial charge in [0.1, 0.15) is 5.69 Å². The molecule has 0 bridgehead atoms. The van der Waals surface area contributed by atoms with E-state index < -0.39 is 0 Å². The Labute approximate surface area is 120 Å². The van der Waals surface area contributed by atoms with E-state index in [0.717, 1.165) is 16.1 Å². The fourth-order valence-corrected chi connectivity index (χ4v) is 2.63. The first-order valence-electron chi connectivity index (χ1n) is 6.18. The van der Waals surface area contributed by atoms with E-state index in [1.807, 2.05) is 66.7 Å². The van der Waals surface area contributed by atoms with Crippen LogP contribution in [0.2, 0.25) is 0 Å². The molecule has 3 aromatic rings. The summed E-state index contributed by atoms with van der Waals surface area (Å²) >= 11 is 1.30. The Hall–Kier alpha value is -2.46. The second-order valence-electron chi connectivity index (χ2n) is 4.20. The Morgan fingerprint density at radius 3 is 2.15 bits per heavy atom. The van der Waals surface area contributed by atoms with Crippen LogP contribution in [-0.4, -0.2) is 5.11 Å². The van der Waals surface area contributed by atoms with Crippen LogP contribution in [0.3, 0.4) is 0 Å². The van der Waals surface area contributed by atoms with Gasteiger partial charge in [-0.2, -0.15) is 5.11 Å². The highest BCUT2D eigenvalue weighted by Crippen LogP contribution is 2.41. The molecule has 0 aliphatic heterocycles. The van der Waals surface area contributed by atoms with E-state index in [0.29, 0.717) is 5.69 Å². The van der Waals surface area contributed by atoms with Crippen molar-refractivity contribution in [3.63, 3.8) is 0 Å². The van der Waals surface area contributed by atoms with Crippen LogP contribution in [0.25, 0.3) is 10.4 Å². The summed E-state index contributed by atoms with van der Waals surface area (Å²) in [7, 11) is 0. The highest BCUT2D eigenvalue weighted by molar-refractivity contribution is 7.17. The van der Waals surface area contributed by atoms with E-state index in [9.17, 15) is 5.11 Å². The van der Waals surface area contributed by atoms with E-state index in [2.05, 4.69) is 10.2 Å². The smallest absolute Gasteiger partial charge is 0.200 e. The van der Waals surface area contributed by atoms with Crippen LogP contribution in [0.1, 0.15) is 0 Å². The van der Waals surface area contributed by atoms with Gasteiger partial charge >= 0.3 is 0 Å². The largest absolute Gasteiger partial charge is 0.498 e. The van der Waals surface area contributed by atoms with Gasteiger partial charge in [-0.05, 0) is 23.8 Å². The lowest BCUT2D eigenvalue weighted by molar-refractivity contribution is 0.492. The number of hydrogen-bond acceptors (Lipinski definition) is 4. The summed E-state index contributed by atoms with van der Waals surface area (Å²) in [6.07, 6.45) is 0. The standard InChI is InChI=1S/C16H12N2OS/c19-16-14(18-17-13-9-5-2-6-10-13)11-15(20-16)12-7-3-1-4-8-12/h1-11,19H. The predicted octanol–water partition coefficient (Wildman–Crippen LogP) is 5.54. The number of aromatic hydroxyl groups is 1. The second kappa shape index (κ2) is 5.67. The topological polar surface area (TPSA) is 45.0 Å². The summed E-state index contributed by atoms with van der Waals surface area (Å²) in [4.78, 5) is 0.977. The van der Waals surface area contributed by atoms with E-state index in [1.54, 1.807) is 0 Å². The van der Waals surface area contributed by atoms with Crippen molar-refractivity contribution in [2.45, 2.75) is 0 Å². The van der Waals surface area contributed by atoms with Crippen molar-refractivity contribution >= 4 is 22.7 Å². The zero-order chi connectivity index (χ0) is 13.8. The molecule has 0 fully saturated rings. The SMILES string of the molecule is Oc1sc(-c2ccccc2)cc1N=Nc1ccccc1. The van der Waals surface area contributed by atoms with Crippen molar-refractivity contribution in [2.75, 3.05) is 0 Å². The second-order valence-corrected chi connectivity index (χ2v) is 5.23. The molecule has 0 saturated heterocycles. The average molecular weight is 280 g/mol. The van der Waals surface area contributed by atoms with Crippen LogP contribution < -0.4 is 0 Å². The fraction of sp³-hybridized carbons (Fsp3) is 0. The van der Waals surface area contributed by atoms with Crippen LogP contribution >= 0.6 is 11.3 Å². The third-order valence-corrected chi connectivity index (χ3v) is 3.76. The van der Waals surface area contributed by atoms with Crippen molar-refractivity contribution < 1.29 is 5.11 Å². The van der Waals surface area contributed by atoms with Crippen LogP contribution in [0.4, 0.5) is 11.4 Å². The molecule has 20 heavy (non-hydrogen) atoms. The molecule has 0 aliphatic carbocycles. The van der Waals surface area contributed by atoms with Gasteiger partial charge in [0.15, 0.2) is 5.06 Å². The number of azo groups is 1. The van der Waals surface area contributed by atoms with Gasteiger partial charge in [-0.3, -0.25) is 0 Å². The maximum atomic E-state index is 9.94. The summed E-state index contributed by atoms with van der Waals surface area (Å²) in [5.74, 6) is 0. The molecule has 0 radical (unpaired) electrons. The zero-order valence-electron chi connectivity index (χ0n) is 10.6. The minimum atomic E-state index is 0.184. The molecule has 0 atom stereocenters. The van der Waals surface area contributed by atoms with Crippen molar-refractivity contribution in [2.24, 2.45) is 10.2 Å². The normalized spacial score (nSPS) is 11.0. The van der Waals surface area contributed by atoms with Gasteiger partial charge in [0.05, 0.1) is 5.69 Å². The molecule has 0 unspecified atom stereocenters. The summed E-state index contributed by atoms with van der Waals surface area (Å²) in [6.45, 7) is 0. The molecule has 0 aliphatic rings. The molecular weight excluding hydrogens is 268 g/mol. The molecule has 0 saturated carbocycles. The van der Waals surface area contributed by atoms with E-state index in [4.69, 9.17) is 0 Å². The minimum Gasteiger partial charge on any atom is -0.498 e. The minimum absolute atomic E-state index is 0.184. The van der Waals surface area contributed by atoms with Gasteiger partial charge in [-0.1, -0.05) is 59.9 Å². The molecule has 0 spiro atoms. The van der Waals surface area contributed by atoms with E-state index in [1.165, 1.54) is 11.3 Å². The number of nitrogens with zero attached hydrogens (tertiary/aromatic N) is 2. The Kier molecular flexibility index (Phi) is 3.56. The first-order valence-corrected chi connectivity index (χ1v) is 6.99. The quantitative estimate of drug-likeness (QED) is 0.629. The summed E-state index contributed by atoms with van der Waals surface area (Å²) in [5.41, 5.74) is 2.33. The van der Waals surface area contributed by atoms with Crippen molar-refractivity contribution in [3.05, 3.63) is 66.7 Å². The highest BCUT2D eigenvalue weighted by Gasteiger charge is 2.08. The van der Waals surface area contributed by atoms with E-state index in [-0.39, 0.29) is 5.06 Å². The zero-order valence-corrected chi connectivity index (χ0v) is 11.4. The maximum absolute atomic E-state index is 9.94. The lowest BCUT2D eigenvalue weighted by Gasteiger charge is -1.93. The van der Waals surface area contributed by atoms with Crippen LogP contribution in [0, 0.1) is 0 Å². The summed E-state index contributed by atoms with van der Waals surface area (Å²) in [5, 5.41) is 18.3. The average Bonchev–Trinajstić information content (AvgIpc) is 2.88. The molecule has 1 heterocycles. The lowest BCUT2D eigenvalue weighted by atomic mass is 10.2. The molecule has 4 heteroatoms. The molecule has 0 amide bonds. The number of hydrogen-bond donors (Lipinski definition) is 1. The molecule has 1 N–H and O–H groups in total. The van der Waals surface area contributed by atoms with Crippen LogP contribution in [-0.2, 0) is 0 Å². The molecule has 3 nitrogen and oxygen atoms in total. The Morgan fingerprint density at radius 2 is 1.45 bits per heavy atom. The van der Waals surface area contributed by atoms with Crippen molar-refractivity contribution in [1.29, 1.82) is 0 Å². The van der Waals surface area contributed by atoms with E-state index >= 15 is 0 Å². The summed E-state index contributed by atoms with van der Waals surface area (Å²) < 4.78 is 0. The van der Waals surface area contributed by atoms with Gasteiger partial charge in [0, 0.05) is 4.88 Å². The van der Waals surface area contributed by atoms with Crippen LogP contribution in [0.15, 0.2) is 77.0 Å². The Bertz CT molecular complexity index is 721. The van der Waals surface area contributed by atoms with Gasteiger partial charge in [0.2, 0.25) is 0 Å². The molecule has 1 aromatic heterocycles. The molecule has 98 valence electrons. The first kappa shape index (κ1) is 12.6. The number of thiophene rings is 1. The maximum Gasteiger partial charge on any atom is 0.200 e. The third-order valence-electron chi connectivity index (χ3n) is 2.78. The van der Waals surface area contributed by atoms with Gasteiger partial charge in [0.25, 0.3) is 0 Å². The van der Waals surface area contributed by atoms with Crippen LogP contribution in [0.5, 0.6) is 5.06 Å². The third kappa shape index (κ3) is 2.75. The van der Waals surface area contributed by atoms with Gasteiger partial charge in [-0.15, -0.1) is 5.11 Å². The highest BCUT2D eigenvalue weighted by atomic mass is 32.1. The monoisotopic (exact) mass is 280 g/mol. The fourth-order valence-electron chi connectivity index (χ4n) is 1.79. The van der Waals surface area contributed by atoms with Gasteiger partial charge < -0.3 is 5.11 Å². The first-order chi connectivity index (χ1) is 9.83. The van der Waals surface area contributed by atoms with Crippen molar-refractivity contribution in [3.8, 4) is 15.5 Å². The molecule has 3 rings (SSSR count). The van der Waals surface area contributed by atoms with Crippen molar-refractivity contribution in [1.82, 2.24) is 0 Å². The Balaban J connectivity index is 1.89.